The number of carbonyl (C=O) groups excluding carboxylic acids is 1. The Morgan fingerprint density at radius 1 is 1.13 bits per heavy atom. The molecule has 4 N–H and O–H groups in total. The number of carbonyl (C=O) groups is 1. The van der Waals surface area contributed by atoms with E-state index in [1.54, 1.807) is 6.20 Å². The van der Waals surface area contributed by atoms with Crippen LogP contribution in [0.25, 0.3) is 33.7 Å². The van der Waals surface area contributed by atoms with Gasteiger partial charge in [0.05, 0.1) is 46.2 Å². The minimum absolute atomic E-state index is 0.351. The number of aryl methyl sites for hydroxylation is 1. The van der Waals surface area contributed by atoms with Crippen LogP contribution in [0.1, 0.15) is 5.69 Å². The molecule has 5 heterocycles. The molecule has 1 saturated heterocycles. The van der Waals surface area contributed by atoms with E-state index in [1.807, 2.05) is 49.5 Å². The molecule has 1 amide bonds. The summed E-state index contributed by atoms with van der Waals surface area (Å²) >= 11 is 0. The largest absolute Gasteiger partial charge is 0.368 e. The molecule has 4 aromatic rings. The third-order valence-electron chi connectivity index (χ3n) is 5.47. The second-order valence-electron chi connectivity index (χ2n) is 7.61. The standard InChI is InChI=1S/C22H22N8O/c1-13-3-2-4-18(27-13)21-15(11-26-29-21)16-5-6-17-19(28-16)9-14(10-25-17)30-8-7-24-20(12-30)22(23)31/h2-6,9-11,20,24H,7-8,12H2,1H3,(H2,23,31)(H,26,29)/t20-/m0/s1. The van der Waals surface area contributed by atoms with Gasteiger partial charge in [-0.1, -0.05) is 6.07 Å². The first-order valence-corrected chi connectivity index (χ1v) is 10.1. The number of primary amides is 1. The second-order valence-corrected chi connectivity index (χ2v) is 7.61. The number of nitrogens with zero attached hydrogens (tertiary/aromatic N) is 5. The van der Waals surface area contributed by atoms with Crippen molar-refractivity contribution < 1.29 is 4.79 Å². The quantitative estimate of drug-likeness (QED) is 0.464. The molecular formula is C22H22N8O. The SMILES string of the molecule is Cc1cccc(-c2[nH]ncc2-c2ccc3ncc(N4CCN[C@H](C(N)=O)C4)cc3n2)n1. The number of nitrogens with one attached hydrogen (secondary N) is 2. The molecule has 4 aromatic heterocycles. The smallest absolute Gasteiger partial charge is 0.236 e. The number of hydrogen-bond donors (Lipinski definition) is 3. The molecule has 156 valence electrons. The Hall–Kier alpha value is -3.85. The maximum atomic E-state index is 11.6. The molecule has 31 heavy (non-hydrogen) atoms. The number of nitrogens with two attached hydrogens (primary N) is 1. The molecule has 9 nitrogen and oxygen atoms in total. The molecule has 1 atom stereocenters. The first kappa shape index (κ1) is 19.1. The first-order chi connectivity index (χ1) is 15.1. The Morgan fingerprint density at radius 2 is 2.03 bits per heavy atom. The number of amides is 1. The van der Waals surface area contributed by atoms with E-state index in [9.17, 15) is 4.79 Å². The number of piperazine rings is 1. The van der Waals surface area contributed by atoms with Gasteiger partial charge in [-0.15, -0.1) is 0 Å². The van der Waals surface area contributed by atoms with Gasteiger partial charge in [0.2, 0.25) is 5.91 Å². The van der Waals surface area contributed by atoms with Crippen LogP contribution in [-0.2, 0) is 4.79 Å². The number of fused-ring (bicyclic) bond motifs is 1. The third-order valence-corrected chi connectivity index (χ3v) is 5.47. The minimum Gasteiger partial charge on any atom is -0.368 e. The molecule has 0 saturated carbocycles. The highest BCUT2D eigenvalue weighted by molar-refractivity contribution is 5.84. The van der Waals surface area contributed by atoms with Gasteiger partial charge in [0.15, 0.2) is 0 Å². The van der Waals surface area contributed by atoms with Crippen LogP contribution in [-0.4, -0.2) is 56.7 Å². The van der Waals surface area contributed by atoms with Gasteiger partial charge >= 0.3 is 0 Å². The molecule has 0 bridgehead atoms. The number of hydrogen-bond acceptors (Lipinski definition) is 7. The number of rotatable bonds is 4. The number of aromatic nitrogens is 5. The predicted molar refractivity (Wildman–Crippen MR) is 118 cm³/mol. The van der Waals surface area contributed by atoms with E-state index in [0.717, 1.165) is 51.6 Å². The van der Waals surface area contributed by atoms with Crippen LogP contribution < -0.4 is 16.0 Å². The van der Waals surface area contributed by atoms with Crippen LogP contribution in [0.3, 0.4) is 0 Å². The zero-order chi connectivity index (χ0) is 21.4. The molecular weight excluding hydrogens is 392 g/mol. The lowest BCUT2D eigenvalue weighted by molar-refractivity contribution is -0.120. The number of anilines is 1. The Balaban J connectivity index is 1.51. The molecule has 9 heteroatoms. The predicted octanol–water partition coefficient (Wildman–Crippen LogP) is 1.65. The Morgan fingerprint density at radius 3 is 2.87 bits per heavy atom. The van der Waals surface area contributed by atoms with Crippen molar-refractivity contribution in [2.75, 3.05) is 24.5 Å². The van der Waals surface area contributed by atoms with Crippen LogP contribution >= 0.6 is 0 Å². The maximum absolute atomic E-state index is 11.6. The fourth-order valence-electron chi connectivity index (χ4n) is 3.85. The molecule has 1 fully saturated rings. The van der Waals surface area contributed by atoms with Gasteiger partial charge in [0.1, 0.15) is 6.04 Å². The van der Waals surface area contributed by atoms with E-state index in [2.05, 4.69) is 30.4 Å². The Labute approximate surface area is 178 Å². The number of pyridine rings is 3. The van der Waals surface area contributed by atoms with Gasteiger partial charge in [-0.25, -0.2) is 4.98 Å². The van der Waals surface area contributed by atoms with E-state index >= 15 is 0 Å². The highest BCUT2D eigenvalue weighted by Crippen LogP contribution is 2.29. The van der Waals surface area contributed by atoms with Crippen LogP contribution in [0.2, 0.25) is 0 Å². The van der Waals surface area contributed by atoms with Crippen LogP contribution in [0.4, 0.5) is 5.69 Å². The highest BCUT2D eigenvalue weighted by Gasteiger charge is 2.24. The van der Waals surface area contributed by atoms with Crippen molar-refractivity contribution in [3.8, 4) is 22.6 Å². The fraction of sp³-hybridized carbons (Fsp3) is 0.227. The third kappa shape index (κ3) is 3.71. The summed E-state index contributed by atoms with van der Waals surface area (Å²) in [7, 11) is 0. The average Bonchev–Trinajstić information content (AvgIpc) is 3.28. The van der Waals surface area contributed by atoms with E-state index in [4.69, 9.17) is 10.7 Å². The normalized spacial score (nSPS) is 16.5. The lowest BCUT2D eigenvalue weighted by atomic mass is 10.1. The van der Waals surface area contributed by atoms with Gasteiger partial charge in [0.25, 0.3) is 0 Å². The van der Waals surface area contributed by atoms with Crippen molar-refractivity contribution in [3.05, 3.63) is 54.5 Å². The molecule has 1 aliphatic heterocycles. The van der Waals surface area contributed by atoms with Crippen molar-refractivity contribution in [1.29, 1.82) is 0 Å². The van der Waals surface area contributed by atoms with Gasteiger partial charge in [-0.05, 0) is 37.3 Å². The first-order valence-electron chi connectivity index (χ1n) is 10.1. The summed E-state index contributed by atoms with van der Waals surface area (Å²) < 4.78 is 0. The summed E-state index contributed by atoms with van der Waals surface area (Å²) in [5, 5.41) is 10.4. The summed E-state index contributed by atoms with van der Waals surface area (Å²) in [5.41, 5.74) is 12.2. The zero-order valence-corrected chi connectivity index (χ0v) is 17.0. The average molecular weight is 414 g/mol. The Kier molecular flexibility index (Phi) is 4.79. The van der Waals surface area contributed by atoms with Gasteiger partial charge < -0.3 is 16.0 Å². The van der Waals surface area contributed by atoms with Crippen molar-refractivity contribution in [2.24, 2.45) is 5.73 Å². The zero-order valence-electron chi connectivity index (χ0n) is 17.0. The van der Waals surface area contributed by atoms with Gasteiger partial charge in [0, 0.05) is 30.9 Å². The number of H-pyrrole nitrogens is 1. The molecule has 0 spiro atoms. The summed E-state index contributed by atoms with van der Waals surface area (Å²) in [5.74, 6) is -0.351. The van der Waals surface area contributed by atoms with E-state index < -0.39 is 0 Å². The van der Waals surface area contributed by atoms with Gasteiger partial charge in [-0.3, -0.25) is 19.9 Å². The van der Waals surface area contributed by atoms with Crippen LogP contribution in [0.15, 0.2) is 48.8 Å². The highest BCUT2D eigenvalue weighted by atomic mass is 16.1. The van der Waals surface area contributed by atoms with Gasteiger partial charge in [-0.2, -0.15) is 5.10 Å². The molecule has 0 radical (unpaired) electrons. The van der Waals surface area contributed by atoms with Crippen molar-refractivity contribution >= 4 is 22.6 Å². The topological polar surface area (TPSA) is 126 Å². The van der Waals surface area contributed by atoms with Crippen LogP contribution in [0, 0.1) is 6.92 Å². The van der Waals surface area contributed by atoms with E-state index in [0.29, 0.717) is 13.1 Å². The monoisotopic (exact) mass is 414 g/mol. The van der Waals surface area contributed by atoms with E-state index in [1.165, 1.54) is 0 Å². The summed E-state index contributed by atoms with van der Waals surface area (Å²) in [6.07, 6.45) is 3.57. The van der Waals surface area contributed by atoms with E-state index in [-0.39, 0.29) is 11.9 Å². The van der Waals surface area contributed by atoms with Crippen molar-refractivity contribution in [1.82, 2.24) is 30.5 Å². The molecule has 0 aromatic carbocycles. The molecule has 1 aliphatic rings. The van der Waals surface area contributed by atoms with Crippen LogP contribution in [0.5, 0.6) is 0 Å². The molecule has 0 unspecified atom stereocenters. The second kappa shape index (κ2) is 7.77. The Bertz CT molecular complexity index is 1270. The summed E-state index contributed by atoms with van der Waals surface area (Å²) in [4.78, 5) is 27.7. The summed E-state index contributed by atoms with van der Waals surface area (Å²) in [6.45, 7) is 3.91. The summed E-state index contributed by atoms with van der Waals surface area (Å²) in [6, 6.07) is 11.4. The van der Waals surface area contributed by atoms with Crippen molar-refractivity contribution in [3.63, 3.8) is 0 Å². The maximum Gasteiger partial charge on any atom is 0.236 e. The number of aromatic amines is 1. The molecule has 5 rings (SSSR count). The lowest BCUT2D eigenvalue weighted by Gasteiger charge is -2.33. The molecule has 0 aliphatic carbocycles. The lowest BCUT2D eigenvalue weighted by Crippen LogP contribution is -2.56. The van der Waals surface area contributed by atoms with Crippen molar-refractivity contribution in [2.45, 2.75) is 13.0 Å². The fourth-order valence-corrected chi connectivity index (χ4v) is 3.85. The minimum atomic E-state index is -0.376.